The number of aryl methyl sites for hydroxylation is 1. The van der Waals surface area contributed by atoms with E-state index in [1.54, 1.807) is 13.3 Å². The molecule has 1 aromatic heterocycles. The van der Waals surface area contributed by atoms with Crippen LogP contribution in [0.4, 0.5) is 0 Å². The Morgan fingerprint density at radius 2 is 1.92 bits per heavy atom. The van der Waals surface area contributed by atoms with Crippen molar-refractivity contribution in [3.05, 3.63) is 95.2 Å². The number of methoxy groups -OCH3 is 1. The number of nitrogens with one attached hydrogen (secondary N) is 4. The van der Waals surface area contributed by atoms with Gasteiger partial charge in [0.2, 0.25) is 0 Å². The molecule has 0 saturated carbocycles. The third kappa shape index (κ3) is 5.25. The summed E-state index contributed by atoms with van der Waals surface area (Å²) in [6.07, 6.45) is 4.09. The molecular formula is C28H29N5O3. The van der Waals surface area contributed by atoms with Gasteiger partial charge in [-0.2, -0.15) is 5.10 Å². The molecule has 4 N–H and O–H groups in total. The number of rotatable bonds is 8. The Morgan fingerprint density at radius 3 is 2.75 bits per heavy atom. The first-order chi connectivity index (χ1) is 17.6. The highest BCUT2D eigenvalue weighted by Gasteiger charge is 2.30. The molecule has 0 bridgehead atoms. The molecule has 1 aliphatic heterocycles. The van der Waals surface area contributed by atoms with Gasteiger partial charge < -0.3 is 14.5 Å². The van der Waals surface area contributed by atoms with E-state index in [4.69, 9.17) is 9.47 Å². The fourth-order valence-corrected chi connectivity index (χ4v) is 4.26. The lowest BCUT2D eigenvalue weighted by Gasteiger charge is -2.15. The quantitative estimate of drug-likeness (QED) is 0.223. The van der Waals surface area contributed by atoms with E-state index in [-0.39, 0.29) is 11.9 Å². The number of H-pyrrole nitrogens is 1. The number of hydrogen-bond donors (Lipinski definition) is 4. The zero-order chi connectivity index (χ0) is 24.9. The van der Waals surface area contributed by atoms with Crippen molar-refractivity contribution in [2.75, 3.05) is 7.11 Å². The molecule has 0 aliphatic carbocycles. The smallest absolute Gasteiger partial charge is 0.258 e. The average Bonchev–Trinajstić information content (AvgIpc) is 3.56. The van der Waals surface area contributed by atoms with Crippen molar-refractivity contribution < 1.29 is 14.3 Å². The van der Waals surface area contributed by atoms with E-state index in [9.17, 15) is 4.79 Å². The van der Waals surface area contributed by atoms with E-state index >= 15 is 0 Å². The summed E-state index contributed by atoms with van der Waals surface area (Å²) in [5.41, 5.74) is 14.2. The highest BCUT2D eigenvalue weighted by Crippen LogP contribution is 2.33. The predicted octanol–water partition coefficient (Wildman–Crippen LogP) is 4.12. The molecule has 8 nitrogen and oxygen atoms in total. The van der Waals surface area contributed by atoms with Gasteiger partial charge in [-0.15, -0.1) is 0 Å². The molecule has 0 spiro atoms. The maximum Gasteiger partial charge on any atom is 0.258 e. The fourth-order valence-electron chi connectivity index (χ4n) is 4.26. The third-order valence-electron chi connectivity index (χ3n) is 6.32. The standard InChI is InChI=1S/C28H29N5O3/c1-18-7-9-19(10-8-18)17-36-26-12-11-20(13-27(26)35-2)24-14-25(32-31-24)28(34)33-30-16-21-15-29-23-6-4-3-5-22(21)23/h3-13,15-16,24-25,29,31-32H,14,17H2,1-2H3,(H,33,34)/b30-16+. The number of benzene rings is 3. The number of hydrogen-bond acceptors (Lipinski definition) is 6. The number of carbonyl (C=O) groups excluding carboxylic acids is 1. The highest BCUT2D eigenvalue weighted by molar-refractivity contribution is 5.99. The number of carbonyl (C=O) groups is 1. The summed E-state index contributed by atoms with van der Waals surface area (Å²) in [6.45, 7) is 2.52. The zero-order valence-corrected chi connectivity index (χ0v) is 20.2. The maximum atomic E-state index is 12.7. The molecule has 1 amide bonds. The lowest BCUT2D eigenvalue weighted by Crippen LogP contribution is -2.41. The van der Waals surface area contributed by atoms with Crippen molar-refractivity contribution in [2.45, 2.75) is 32.0 Å². The van der Waals surface area contributed by atoms with Gasteiger partial charge in [-0.1, -0.05) is 54.1 Å². The summed E-state index contributed by atoms with van der Waals surface area (Å²) >= 11 is 0. The van der Waals surface area contributed by atoms with Gasteiger partial charge in [0.15, 0.2) is 11.5 Å². The van der Waals surface area contributed by atoms with Gasteiger partial charge >= 0.3 is 0 Å². The summed E-state index contributed by atoms with van der Waals surface area (Å²) in [6, 6.07) is 21.6. The van der Waals surface area contributed by atoms with Gasteiger partial charge in [-0.05, 0) is 42.7 Å². The van der Waals surface area contributed by atoms with Crippen LogP contribution in [0.1, 0.15) is 34.7 Å². The lowest BCUT2D eigenvalue weighted by molar-refractivity contribution is -0.122. The van der Waals surface area contributed by atoms with Crippen LogP contribution in [0.5, 0.6) is 11.5 Å². The van der Waals surface area contributed by atoms with Crippen molar-refractivity contribution in [1.82, 2.24) is 21.3 Å². The highest BCUT2D eigenvalue weighted by atomic mass is 16.5. The Morgan fingerprint density at radius 1 is 1.08 bits per heavy atom. The van der Waals surface area contributed by atoms with Crippen molar-refractivity contribution in [2.24, 2.45) is 5.10 Å². The van der Waals surface area contributed by atoms with E-state index in [2.05, 4.69) is 57.6 Å². The van der Waals surface area contributed by atoms with Gasteiger partial charge in [0, 0.05) is 28.7 Å². The SMILES string of the molecule is COc1cc(C2CC(C(=O)N/N=C/c3c[nH]c4ccccc34)NN2)ccc1OCc1ccc(C)cc1. The van der Waals surface area contributed by atoms with Crippen molar-refractivity contribution in [3.63, 3.8) is 0 Å². The van der Waals surface area contributed by atoms with Gasteiger partial charge in [-0.25, -0.2) is 16.3 Å². The second-order valence-electron chi connectivity index (χ2n) is 8.84. The van der Waals surface area contributed by atoms with Crippen LogP contribution < -0.4 is 25.8 Å². The Kier molecular flexibility index (Phi) is 6.97. The van der Waals surface area contributed by atoms with Gasteiger partial charge in [-0.3, -0.25) is 4.79 Å². The van der Waals surface area contributed by atoms with Gasteiger partial charge in [0.05, 0.1) is 13.3 Å². The van der Waals surface area contributed by atoms with Crippen LogP contribution in [0.2, 0.25) is 0 Å². The molecule has 1 saturated heterocycles. The second-order valence-corrected chi connectivity index (χ2v) is 8.84. The number of ether oxygens (including phenoxy) is 2. The lowest BCUT2D eigenvalue weighted by atomic mass is 10.0. The summed E-state index contributed by atoms with van der Waals surface area (Å²) in [4.78, 5) is 15.8. The average molecular weight is 484 g/mol. The van der Waals surface area contributed by atoms with Crippen LogP contribution in [0.15, 0.2) is 78.0 Å². The molecule has 4 aromatic rings. The van der Waals surface area contributed by atoms with E-state index in [0.29, 0.717) is 24.5 Å². The molecule has 5 rings (SSSR count). The first-order valence-electron chi connectivity index (χ1n) is 11.9. The number of para-hydroxylation sites is 1. The van der Waals surface area contributed by atoms with Crippen LogP contribution in [0.3, 0.4) is 0 Å². The first kappa shape index (κ1) is 23.6. The number of nitrogens with zero attached hydrogens (tertiary/aromatic N) is 1. The Hall–Kier alpha value is -4.14. The summed E-state index contributed by atoms with van der Waals surface area (Å²) in [5.74, 6) is 1.12. The van der Waals surface area contributed by atoms with E-state index in [1.165, 1.54) is 5.56 Å². The topological polar surface area (TPSA) is 99.8 Å². The largest absolute Gasteiger partial charge is 0.493 e. The number of aromatic nitrogens is 1. The monoisotopic (exact) mass is 483 g/mol. The Bertz CT molecular complexity index is 1380. The molecule has 0 radical (unpaired) electrons. The number of hydrazone groups is 1. The normalized spacial score (nSPS) is 17.5. The number of amides is 1. The number of fused-ring (bicyclic) bond motifs is 1. The van der Waals surface area contributed by atoms with Crippen molar-refractivity contribution in [3.8, 4) is 11.5 Å². The molecule has 2 heterocycles. The molecular weight excluding hydrogens is 454 g/mol. The summed E-state index contributed by atoms with van der Waals surface area (Å²) in [5, 5.41) is 5.20. The summed E-state index contributed by atoms with van der Waals surface area (Å²) < 4.78 is 11.6. The third-order valence-corrected chi connectivity index (χ3v) is 6.32. The molecule has 3 aromatic carbocycles. The number of aromatic amines is 1. The first-order valence-corrected chi connectivity index (χ1v) is 11.9. The van der Waals surface area contributed by atoms with Crippen molar-refractivity contribution >= 4 is 23.0 Å². The zero-order valence-electron chi connectivity index (χ0n) is 20.2. The molecule has 1 aliphatic rings. The van der Waals surface area contributed by atoms with Crippen LogP contribution in [0, 0.1) is 6.92 Å². The molecule has 8 heteroatoms. The molecule has 2 atom stereocenters. The van der Waals surface area contributed by atoms with E-state index in [1.807, 2.05) is 48.7 Å². The molecule has 2 unspecified atom stereocenters. The summed E-state index contributed by atoms with van der Waals surface area (Å²) in [7, 11) is 1.63. The van der Waals surface area contributed by atoms with Crippen LogP contribution in [-0.4, -0.2) is 30.3 Å². The van der Waals surface area contributed by atoms with Crippen LogP contribution in [0.25, 0.3) is 10.9 Å². The maximum absolute atomic E-state index is 12.7. The Labute approximate surface area is 209 Å². The molecule has 184 valence electrons. The van der Waals surface area contributed by atoms with Crippen LogP contribution in [-0.2, 0) is 11.4 Å². The number of hydrazine groups is 1. The van der Waals surface area contributed by atoms with Crippen LogP contribution >= 0.6 is 0 Å². The fraction of sp³-hybridized carbons (Fsp3) is 0.214. The predicted molar refractivity (Wildman–Crippen MR) is 140 cm³/mol. The molecule has 1 fully saturated rings. The minimum absolute atomic E-state index is 0.0570. The second kappa shape index (κ2) is 10.6. The minimum Gasteiger partial charge on any atom is -0.493 e. The van der Waals surface area contributed by atoms with Gasteiger partial charge in [0.25, 0.3) is 5.91 Å². The van der Waals surface area contributed by atoms with Gasteiger partial charge in [0.1, 0.15) is 12.6 Å². The van der Waals surface area contributed by atoms with Crippen molar-refractivity contribution in [1.29, 1.82) is 0 Å². The minimum atomic E-state index is -0.418. The Balaban J connectivity index is 1.17. The molecule has 36 heavy (non-hydrogen) atoms. The van der Waals surface area contributed by atoms with E-state index < -0.39 is 6.04 Å². The van der Waals surface area contributed by atoms with E-state index in [0.717, 1.165) is 27.6 Å².